The number of anilines is 1. The Morgan fingerprint density at radius 3 is 2.53 bits per heavy atom. The summed E-state index contributed by atoms with van der Waals surface area (Å²) in [5, 5.41) is 0. The van der Waals surface area contributed by atoms with Crippen LogP contribution in [0.2, 0.25) is 0 Å². The van der Waals surface area contributed by atoms with Crippen molar-refractivity contribution in [3.05, 3.63) is 28.2 Å². The molecule has 4 heteroatoms. The molecule has 1 aliphatic rings. The van der Waals surface area contributed by atoms with E-state index in [2.05, 4.69) is 63.5 Å². The van der Waals surface area contributed by atoms with E-state index in [-0.39, 0.29) is 0 Å². The summed E-state index contributed by atoms with van der Waals surface area (Å²) in [6, 6.07) is 6.62. The monoisotopic (exact) mass is 314 g/mol. The predicted octanol–water partition coefficient (Wildman–Crippen LogP) is 2.81. The lowest BCUT2D eigenvalue weighted by atomic mass is 10.2. The van der Waals surface area contributed by atoms with E-state index in [1.807, 2.05) is 0 Å². The van der Waals surface area contributed by atoms with Gasteiger partial charge in [0.25, 0.3) is 0 Å². The van der Waals surface area contributed by atoms with Crippen molar-refractivity contribution < 1.29 is 0 Å². The van der Waals surface area contributed by atoms with Crippen molar-refractivity contribution in [1.82, 2.24) is 4.90 Å². The summed E-state index contributed by atoms with van der Waals surface area (Å²) in [5.41, 5.74) is 2.62. The van der Waals surface area contributed by atoms with Crippen LogP contribution in [-0.2, 0) is 0 Å². The molecule has 0 unspecified atom stereocenters. The molecule has 1 saturated heterocycles. The van der Waals surface area contributed by atoms with Gasteiger partial charge in [0.15, 0.2) is 0 Å². The molecule has 2 rings (SSSR count). The Bertz CT molecular complexity index is 376. The van der Waals surface area contributed by atoms with Gasteiger partial charge < -0.3 is 4.90 Å². The maximum Gasteiger partial charge on any atom is 0.0378 e. The number of hydrogen-bond acceptors (Lipinski definition) is 3. The SMILES string of the molecule is Cc1ccc(N2CCN(CCS)CC2)cc1Br. The Balaban J connectivity index is 1.98. The fourth-order valence-corrected chi connectivity index (χ4v) is 2.80. The highest BCUT2D eigenvalue weighted by Gasteiger charge is 2.16. The van der Waals surface area contributed by atoms with Crippen LogP contribution in [0.25, 0.3) is 0 Å². The minimum Gasteiger partial charge on any atom is -0.369 e. The maximum atomic E-state index is 4.29. The average Bonchev–Trinajstić information content (AvgIpc) is 2.34. The third-order valence-electron chi connectivity index (χ3n) is 3.31. The number of rotatable bonds is 3. The van der Waals surface area contributed by atoms with Crippen molar-refractivity contribution in [2.75, 3.05) is 43.4 Å². The zero-order chi connectivity index (χ0) is 12.3. The van der Waals surface area contributed by atoms with Gasteiger partial charge in [-0.3, -0.25) is 4.90 Å². The van der Waals surface area contributed by atoms with Gasteiger partial charge in [-0.1, -0.05) is 22.0 Å². The van der Waals surface area contributed by atoms with E-state index in [4.69, 9.17) is 0 Å². The van der Waals surface area contributed by atoms with Crippen molar-refractivity contribution >= 4 is 34.2 Å². The van der Waals surface area contributed by atoms with Gasteiger partial charge in [0.2, 0.25) is 0 Å². The molecule has 0 N–H and O–H groups in total. The Morgan fingerprint density at radius 1 is 1.24 bits per heavy atom. The normalized spacial score (nSPS) is 17.5. The van der Waals surface area contributed by atoms with Crippen LogP contribution < -0.4 is 4.90 Å². The first-order valence-electron chi connectivity index (χ1n) is 6.05. The highest BCUT2D eigenvalue weighted by molar-refractivity contribution is 9.10. The summed E-state index contributed by atoms with van der Waals surface area (Å²) >= 11 is 7.89. The maximum absolute atomic E-state index is 4.29. The smallest absolute Gasteiger partial charge is 0.0378 e. The van der Waals surface area contributed by atoms with Crippen LogP contribution in [0, 0.1) is 6.92 Å². The molecule has 0 radical (unpaired) electrons. The van der Waals surface area contributed by atoms with Crippen LogP contribution in [-0.4, -0.2) is 43.4 Å². The zero-order valence-electron chi connectivity index (χ0n) is 10.2. The summed E-state index contributed by atoms with van der Waals surface area (Å²) < 4.78 is 1.20. The first-order chi connectivity index (χ1) is 8.20. The molecular formula is C13H19BrN2S. The Labute approximate surface area is 118 Å². The second kappa shape index (κ2) is 6.12. The summed E-state index contributed by atoms with van der Waals surface area (Å²) in [6.45, 7) is 7.75. The Hall–Kier alpha value is -0.190. The number of halogens is 1. The lowest BCUT2D eigenvalue weighted by Crippen LogP contribution is -2.46. The molecule has 2 nitrogen and oxygen atoms in total. The molecule has 94 valence electrons. The van der Waals surface area contributed by atoms with E-state index in [0.29, 0.717) is 0 Å². The van der Waals surface area contributed by atoms with Crippen molar-refractivity contribution in [2.24, 2.45) is 0 Å². The number of piperazine rings is 1. The van der Waals surface area contributed by atoms with Gasteiger partial charge in [-0.25, -0.2) is 0 Å². The quantitative estimate of drug-likeness (QED) is 0.857. The number of benzene rings is 1. The lowest BCUT2D eigenvalue weighted by Gasteiger charge is -2.36. The van der Waals surface area contributed by atoms with Gasteiger partial charge in [-0.05, 0) is 24.6 Å². The van der Waals surface area contributed by atoms with E-state index in [9.17, 15) is 0 Å². The number of aryl methyl sites for hydroxylation is 1. The molecule has 0 bridgehead atoms. The molecule has 0 spiro atoms. The standard InChI is InChI=1S/C13H19BrN2S/c1-11-2-3-12(10-13(11)14)16-6-4-15(5-7-16)8-9-17/h2-3,10,17H,4-9H2,1H3. The molecule has 1 fully saturated rings. The van der Waals surface area contributed by atoms with Gasteiger partial charge in [0.05, 0.1) is 0 Å². The van der Waals surface area contributed by atoms with Crippen LogP contribution in [0.3, 0.4) is 0 Å². The second-order valence-corrected chi connectivity index (χ2v) is 5.79. The van der Waals surface area contributed by atoms with Crippen LogP contribution in [0.15, 0.2) is 22.7 Å². The fourth-order valence-electron chi connectivity index (χ4n) is 2.15. The van der Waals surface area contributed by atoms with Gasteiger partial charge in [0.1, 0.15) is 0 Å². The minimum absolute atomic E-state index is 0.954. The van der Waals surface area contributed by atoms with E-state index < -0.39 is 0 Å². The van der Waals surface area contributed by atoms with E-state index in [1.165, 1.54) is 15.7 Å². The average molecular weight is 315 g/mol. The van der Waals surface area contributed by atoms with E-state index >= 15 is 0 Å². The third kappa shape index (κ3) is 3.39. The van der Waals surface area contributed by atoms with Crippen molar-refractivity contribution in [1.29, 1.82) is 0 Å². The van der Waals surface area contributed by atoms with Gasteiger partial charge >= 0.3 is 0 Å². The first-order valence-corrected chi connectivity index (χ1v) is 7.47. The second-order valence-electron chi connectivity index (χ2n) is 4.49. The first kappa shape index (κ1) is 13.2. The fraction of sp³-hybridized carbons (Fsp3) is 0.538. The number of thiol groups is 1. The van der Waals surface area contributed by atoms with Crippen LogP contribution in [0.5, 0.6) is 0 Å². The van der Waals surface area contributed by atoms with Crippen LogP contribution in [0.1, 0.15) is 5.56 Å². The van der Waals surface area contributed by atoms with Crippen molar-refractivity contribution in [2.45, 2.75) is 6.92 Å². The molecule has 1 aromatic rings. The summed E-state index contributed by atoms with van der Waals surface area (Å²) in [5.74, 6) is 0.954. The molecule has 1 aliphatic heterocycles. The topological polar surface area (TPSA) is 6.48 Å². The molecule has 0 aliphatic carbocycles. The van der Waals surface area contributed by atoms with Crippen LogP contribution >= 0.6 is 28.6 Å². The molecule has 0 saturated carbocycles. The molecule has 1 heterocycles. The molecule has 0 atom stereocenters. The van der Waals surface area contributed by atoms with Crippen molar-refractivity contribution in [3.8, 4) is 0 Å². The molecule has 0 amide bonds. The number of hydrogen-bond donors (Lipinski definition) is 1. The zero-order valence-corrected chi connectivity index (χ0v) is 12.7. The Kier molecular flexibility index (Phi) is 4.77. The summed E-state index contributed by atoms with van der Waals surface area (Å²) in [4.78, 5) is 4.94. The van der Waals surface area contributed by atoms with E-state index in [1.54, 1.807) is 0 Å². The lowest BCUT2D eigenvalue weighted by molar-refractivity contribution is 0.273. The van der Waals surface area contributed by atoms with Crippen molar-refractivity contribution in [3.63, 3.8) is 0 Å². The van der Waals surface area contributed by atoms with Gasteiger partial charge in [0, 0.05) is 48.6 Å². The molecule has 17 heavy (non-hydrogen) atoms. The molecule has 0 aromatic heterocycles. The Morgan fingerprint density at radius 2 is 1.94 bits per heavy atom. The van der Waals surface area contributed by atoms with E-state index in [0.717, 1.165) is 38.5 Å². The number of nitrogens with zero attached hydrogens (tertiary/aromatic N) is 2. The molecule has 1 aromatic carbocycles. The van der Waals surface area contributed by atoms with Gasteiger partial charge in [-0.2, -0.15) is 12.6 Å². The summed E-state index contributed by atoms with van der Waals surface area (Å²) in [6.07, 6.45) is 0. The third-order valence-corrected chi connectivity index (χ3v) is 4.36. The van der Waals surface area contributed by atoms with Gasteiger partial charge in [-0.15, -0.1) is 0 Å². The predicted molar refractivity (Wildman–Crippen MR) is 81.4 cm³/mol. The highest BCUT2D eigenvalue weighted by atomic mass is 79.9. The molecular weight excluding hydrogens is 296 g/mol. The minimum atomic E-state index is 0.954. The highest BCUT2D eigenvalue weighted by Crippen LogP contribution is 2.24. The largest absolute Gasteiger partial charge is 0.369 e. The van der Waals surface area contributed by atoms with Crippen LogP contribution in [0.4, 0.5) is 5.69 Å². The summed E-state index contributed by atoms with van der Waals surface area (Å²) in [7, 11) is 0.